The van der Waals surface area contributed by atoms with Gasteiger partial charge in [0.25, 0.3) is 5.79 Å². The summed E-state index contributed by atoms with van der Waals surface area (Å²) < 4.78 is 173. The summed E-state index contributed by atoms with van der Waals surface area (Å²) in [6.45, 7) is -5.75. The van der Waals surface area contributed by atoms with Crippen LogP contribution in [0.4, 0.5) is 57.1 Å². The average molecular weight is 418 g/mol. The van der Waals surface area contributed by atoms with Gasteiger partial charge in [0.05, 0.1) is 0 Å². The summed E-state index contributed by atoms with van der Waals surface area (Å²) >= 11 is 0. The highest BCUT2D eigenvalue weighted by atomic mass is 19.3. The SMILES string of the molecule is FC1=CC(F)(F)C(F)(F)C1(OCC(F)(F)C(F)F)OCC(F)(F)C(F)F. The number of alkyl halides is 12. The molecular weight excluding hydrogens is 411 g/mol. The lowest BCUT2D eigenvalue weighted by Crippen LogP contribution is -2.59. The zero-order chi connectivity index (χ0) is 20.8. The minimum absolute atomic E-state index is 1.26. The van der Waals surface area contributed by atoms with Gasteiger partial charge in [-0.25, -0.2) is 22.0 Å². The number of rotatable bonds is 8. The molecule has 15 heteroatoms. The Bertz CT molecular complexity index is 518. The molecular formula is C11H7F13O2. The topological polar surface area (TPSA) is 18.5 Å². The van der Waals surface area contributed by atoms with Crippen molar-refractivity contribution in [2.45, 2.75) is 42.3 Å². The quantitative estimate of drug-likeness (QED) is 0.422. The third-order valence-corrected chi connectivity index (χ3v) is 3.03. The first-order valence-corrected chi connectivity index (χ1v) is 6.17. The van der Waals surface area contributed by atoms with Crippen LogP contribution in [0.25, 0.3) is 0 Å². The van der Waals surface area contributed by atoms with E-state index < -0.39 is 67.4 Å². The Morgan fingerprint density at radius 1 is 0.808 bits per heavy atom. The zero-order valence-electron chi connectivity index (χ0n) is 11.9. The molecule has 0 radical (unpaired) electrons. The van der Waals surface area contributed by atoms with Gasteiger partial charge >= 0.3 is 36.5 Å². The maximum absolute atomic E-state index is 13.7. The molecule has 0 aromatic rings. The van der Waals surface area contributed by atoms with Gasteiger partial charge in [-0.2, -0.15) is 35.1 Å². The second-order valence-corrected chi connectivity index (χ2v) is 5.01. The van der Waals surface area contributed by atoms with Crippen LogP contribution in [0.1, 0.15) is 0 Å². The maximum Gasteiger partial charge on any atom is 0.373 e. The highest BCUT2D eigenvalue weighted by Crippen LogP contribution is 2.56. The van der Waals surface area contributed by atoms with Crippen molar-refractivity contribution >= 4 is 0 Å². The van der Waals surface area contributed by atoms with E-state index in [1.54, 1.807) is 0 Å². The standard InChI is InChI=1S/C11H7F13O2/c12-4-1-9(21,22)11(23,24)10(4,25-2-7(17,18)5(13)14)26-3-8(19,20)6(15)16/h1,5-6H,2-3H2. The first kappa shape index (κ1) is 22.8. The van der Waals surface area contributed by atoms with Crippen molar-refractivity contribution in [3.05, 3.63) is 11.9 Å². The Morgan fingerprint density at radius 2 is 1.15 bits per heavy atom. The Labute approximate surface area is 135 Å². The predicted molar refractivity (Wildman–Crippen MR) is 55.6 cm³/mol. The Hall–Kier alpha value is -1.25. The van der Waals surface area contributed by atoms with E-state index in [9.17, 15) is 57.1 Å². The summed E-state index contributed by atoms with van der Waals surface area (Å²) in [5, 5.41) is 0. The molecule has 0 aromatic heterocycles. The van der Waals surface area contributed by atoms with Crippen molar-refractivity contribution in [1.82, 2.24) is 0 Å². The predicted octanol–water partition coefficient (Wildman–Crippen LogP) is 4.65. The molecule has 1 aliphatic rings. The third-order valence-electron chi connectivity index (χ3n) is 3.03. The second-order valence-electron chi connectivity index (χ2n) is 5.01. The van der Waals surface area contributed by atoms with Crippen molar-refractivity contribution in [3.8, 4) is 0 Å². The molecule has 0 aromatic carbocycles. The molecule has 0 saturated carbocycles. The number of ether oxygens (including phenoxy) is 2. The first-order chi connectivity index (χ1) is 11.4. The van der Waals surface area contributed by atoms with Crippen molar-refractivity contribution in [3.63, 3.8) is 0 Å². The van der Waals surface area contributed by atoms with Gasteiger partial charge in [-0.05, 0) is 0 Å². The molecule has 1 rings (SSSR count). The van der Waals surface area contributed by atoms with Crippen LogP contribution >= 0.6 is 0 Å². The number of allylic oxidation sites excluding steroid dienone is 1. The normalized spacial score (nSPS) is 22.2. The van der Waals surface area contributed by atoms with E-state index in [0.717, 1.165) is 0 Å². The molecule has 0 heterocycles. The molecule has 0 atom stereocenters. The van der Waals surface area contributed by atoms with E-state index in [1.165, 1.54) is 0 Å². The summed E-state index contributed by atoms with van der Waals surface area (Å²) in [5.41, 5.74) is 0. The lowest BCUT2D eigenvalue weighted by Gasteiger charge is -2.37. The minimum atomic E-state index is -6.01. The average Bonchev–Trinajstić information content (AvgIpc) is 2.58. The zero-order valence-corrected chi connectivity index (χ0v) is 11.9. The second kappa shape index (κ2) is 6.73. The monoisotopic (exact) mass is 418 g/mol. The molecule has 0 saturated heterocycles. The van der Waals surface area contributed by atoms with Crippen molar-refractivity contribution < 1.29 is 66.5 Å². The largest absolute Gasteiger partial charge is 0.373 e. The van der Waals surface area contributed by atoms with E-state index in [0.29, 0.717) is 0 Å². The molecule has 2 nitrogen and oxygen atoms in total. The minimum Gasteiger partial charge on any atom is -0.333 e. The maximum atomic E-state index is 13.7. The summed E-state index contributed by atoms with van der Waals surface area (Å²) in [5.74, 6) is -30.2. The van der Waals surface area contributed by atoms with Crippen LogP contribution < -0.4 is 0 Å². The van der Waals surface area contributed by atoms with E-state index in [1.807, 2.05) is 0 Å². The molecule has 1 aliphatic carbocycles. The van der Waals surface area contributed by atoms with Crippen LogP contribution in [0.15, 0.2) is 11.9 Å². The highest BCUT2D eigenvalue weighted by Gasteiger charge is 2.78. The molecule has 0 amide bonds. The number of hydrogen-bond acceptors (Lipinski definition) is 2. The lowest BCUT2D eigenvalue weighted by atomic mass is 10.1. The Balaban J connectivity index is 3.25. The van der Waals surface area contributed by atoms with Gasteiger partial charge in [0.1, 0.15) is 13.2 Å². The lowest BCUT2D eigenvalue weighted by molar-refractivity contribution is -0.378. The summed E-state index contributed by atoms with van der Waals surface area (Å²) in [6.07, 6.45) is -10.5. The van der Waals surface area contributed by atoms with E-state index in [2.05, 4.69) is 9.47 Å². The van der Waals surface area contributed by atoms with Crippen LogP contribution in [-0.2, 0) is 9.47 Å². The van der Waals surface area contributed by atoms with E-state index >= 15 is 0 Å². The van der Waals surface area contributed by atoms with Crippen LogP contribution in [0.3, 0.4) is 0 Å². The molecule has 0 aliphatic heterocycles. The highest BCUT2D eigenvalue weighted by molar-refractivity contribution is 5.29. The third kappa shape index (κ3) is 3.73. The summed E-state index contributed by atoms with van der Waals surface area (Å²) in [6, 6.07) is 0. The molecule has 0 fully saturated rings. The van der Waals surface area contributed by atoms with Gasteiger partial charge in [0.15, 0.2) is 5.83 Å². The van der Waals surface area contributed by atoms with E-state index in [4.69, 9.17) is 0 Å². The van der Waals surface area contributed by atoms with Gasteiger partial charge < -0.3 is 9.47 Å². The van der Waals surface area contributed by atoms with Crippen LogP contribution in [-0.4, -0.2) is 55.5 Å². The summed E-state index contributed by atoms with van der Waals surface area (Å²) in [7, 11) is 0. The smallest absolute Gasteiger partial charge is 0.333 e. The Morgan fingerprint density at radius 3 is 1.38 bits per heavy atom. The number of hydrogen-bond donors (Lipinski definition) is 0. The van der Waals surface area contributed by atoms with Crippen molar-refractivity contribution in [2.24, 2.45) is 0 Å². The Kier molecular flexibility index (Phi) is 5.90. The molecule has 0 bridgehead atoms. The summed E-state index contributed by atoms with van der Waals surface area (Å²) in [4.78, 5) is 0. The van der Waals surface area contributed by atoms with Gasteiger partial charge in [-0.3, -0.25) is 0 Å². The van der Waals surface area contributed by atoms with E-state index in [-0.39, 0.29) is 0 Å². The fraction of sp³-hybridized carbons (Fsp3) is 0.818. The van der Waals surface area contributed by atoms with Crippen molar-refractivity contribution in [2.75, 3.05) is 13.2 Å². The van der Waals surface area contributed by atoms with Gasteiger partial charge in [-0.1, -0.05) is 0 Å². The van der Waals surface area contributed by atoms with Crippen LogP contribution in [0, 0.1) is 0 Å². The van der Waals surface area contributed by atoms with Crippen LogP contribution in [0.2, 0.25) is 0 Å². The molecule has 26 heavy (non-hydrogen) atoms. The molecule has 0 N–H and O–H groups in total. The fourth-order valence-corrected chi connectivity index (χ4v) is 1.60. The van der Waals surface area contributed by atoms with Gasteiger partial charge in [-0.15, -0.1) is 0 Å². The molecule has 154 valence electrons. The van der Waals surface area contributed by atoms with Crippen LogP contribution in [0.5, 0.6) is 0 Å². The van der Waals surface area contributed by atoms with Crippen molar-refractivity contribution in [1.29, 1.82) is 0 Å². The first-order valence-electron chi connectivity index (χ1n) is 6.17. The molecule has 0 unspecified atom stereocenters. The fourth-order valence-electron chi connectivity index (χ4n) is 1.60. The van der Waals surface area contributed by atoms with Gasteiger partial charge in [0, 0.05) is 6.08 Å². The molecule has 0 spiro atoms. The van der Waals surface area contributed by atoms with Gasteiger partial charge in [0.2, 0.25) is 0 Å². The number of halogens is 13.